The highest BCUT2D eigenvalue weighted by atomic mass is 16.2. The maximum absolute atomic E-state index is 12.6. The largest absolute Gasteiger partial charge is 0.322 e. The molecule has 0 aromatic heterocycles. The number of amides is 4. The van der Waals surface area contributed by atoms with Crippen LogP contribution in [0.2, 0.25) is 0 Å². The summed E-state index contributed by atoms with van der Waals surface area (Å²) in [5, 5.41) is 8.62. The SMILES string of the molecule is CN(C)NC(=O)c1ccc(NC(=O)c2ccc(C(=O)Nc3ccc(C(=O)NN(C)C)cc3)cc2)cc1. The number of hydrazine groups is 2. The Morgan fingerprint density at radius 2 is 0.694 bits per heavy atom. The summed E-state index contributed by atoms with van der Waals surface area (Å²) < 4.78 is 0. The van der Waals surface area contributed by atoms with Crippen molar-refractivity contribution in [2.24, 2.45) is 0 Å². The molecule has 4 N–H and O–H groups in total. The zero-order valence-corrected chi connectivity index (χ0v) is 20.5. The van der Waals surface area contributed by atoms with Gasteiger partial charge in [-0.25, -0.2) is 10.0 Å². The number of hydrogen-bond donors (Lipinski definition) is 4. The van der Waals surface area contributed by atoms with Gasteiger partial charge < -0.3 is 10.6 Å². The van der Waals surface area contributed by atoms with Gasteiger partial charge in [0.05, 0.1) is 0 Å². The summed E-state index contributed by atoms with van der Waals surface area (Å²) in [7, 11) is 6.86. The summed E-state index contributed by atoms with van der Waals surface area (Å²) in [5.41, 5.74) is 8.02. The Labute approximate surface area is 209 Å². The van der Waals surface area contributed by atoms with Crippen LogP contribution in [0.5, 0.6) is 0 Å². The predicted octanol–water partition coefficient (Wildman–Crippen LogP) is 2.60. The molecule has 186 valence electrons. The number of benzene rings is 3. The van der Waals surface area contributed by atoms with E-state index in [2.05, 4.69) is 21.5 Å². The van der Waals surface area contributed by atoms with Gasteiger partial charge in [0.1, 0.15) is 0 Å². The highest BCUT2D eigenvalue weighted by Crippen LogP contribution is 2.15. The van der Waals surface area contributed by atoms with Crippen LogP contribution in [0, 0.1) is 0 Å². The van der Waals surface area contributed by atoms with Crippen molar-refractivity contribution < 1.29 is 19.2 Å². The Hall–Kier alpha value is -4.54. The third-order valence-electron chi connectivity index (χ3n) is 4.87. The summed E-state index contributed by atoms with van der Waals surface area (Å²) in [6.45, 7) is 0. The second kappa shape index (κ2) is 11.7. The van der Waals surface area contributed by atoms with Gasteiger partial charge in [0.15, 0.2) is 0 Å². The Kier molecular flexibility index (Phi) is 8.50. The van der Waals surface area contributed by atoms with Crippen LogP contribution in [0.4, 0.5) is 11.4 Å². The molecule has 10 nitrogen and oxygen atoms in total. The van der Waals surface area contributed by atoms with E-state index in [0.29, 0.717) is 33.6 Å². The first-order chi connectivity index (χ1) is 17.1. The predicted molar refractivity (Wildman–Crippen MR) is 138 cm³/mol. The van der Waals surface area contributed by atoms with Gasteiger partial charge in [-0.1, -0.05) is 0 Å². The Morgan fingerprint density at radius 1 is 0.444 bits per heavy atom. The monoisotopic (exact) mass is 488 g/mol. The first-order valence-corrected chi connectivity index (χ1v) is 11.0. The summed E-state index contributed by atoms with van der Waals surface area (Å²) in [6.07, 6.45) is 0. The summed E-state index contributed by atoms with van der Waals surface area (Å²) in [5.74, 6) is -1.20. The average molecular weight is 489 g/mol. The zero-order valence-electron chi connectivity index (χ0n) is 20.5. The molecule has 36 heavy (non-hydrogen) atoms. The van der Waals surface area contributed by atoms with E-state index in [1.807, 2.05) is 0 Å². The van der Waals surface area contributed by atoms with Crippen molar-refractivity contribution in [1.29, 1.82) is 0 Å². The molecule has 0 fully saturated rings. The minimum Gasteiger partial charge on any atom is -0.322 e. The van der Waals surface area contributed by atoms with Crippen molar-refractivity contribution in [2.45, 2.75) is 0 Å². The molecule has 0 bridgehead atoms. The molecule has 0 heterocycles. The fourth-order valence-corrected chi connectivity index (χ4v) is 3.12. The van der Waals surface area contributed by atoms with E-state index in [4.69, 9.17) is 0 Å². The van der Waals surface area contributed by atoms with Gasteiger partial charge in [0.2, 0.25) is 0 Å². The summed E-state index contributed by atoms with van der Waals surface area (Å²) >= 11 is 0. The first kappa shape index (κ1) is 26.1. The smallest absolute Gasteiger partial charge is 0.265 e. The molecule has 0 unspecified atom stereocenters. The lowest BCUT2D eigenvalue weighted by molar-refractivity contribution is 0.0848. The molecular weight excluding hydrogens is 460 g/mol. The third kappa shape index (κ3) is 7.23. The Morgan fingerprint density at radius 3 is 0.972 bits per heavy atom. The van der Waals surface area contributed by atoms with Crippen LogP contribution in [0.15, 0.2) is 72.8 Å². The van der Waals surface area contributed by atoms with Gasteiger partial charge in [-0.05, 0) is 72.8 Å². The topological polar surface area (TPSA) is 123 Å². The van der Waals surface area contributed by atoms with Crippen LogP contribution in [-0.2, 0) is 0 Å². The lowest BCUT2D eigenvalue weighted by Crippen LogP contribution is -2.36. The Bertz CT molecular complexity index is 1140. The maximum atomic E-state index is 12.6. The molecule has 10 heteroatoms. The van der Waals surface area contributed by atoms with Crippen LogP contribution in [0.25, 0.3) is 0 Å². The molecule has 0 saturated carbocycles. The number of carbonyl (C=O) groups is 4. The molecule has 0 atom stereocenters. The second-order valence-corrected chi connectivity index (χ2v) is 8.31. The summed E-state index contributed by atoms with van der Waals surface area (Å²) in [6, 6.07) is 19.2. The lowest BCUT2D eigenvalue weighted by atomic mass is 10.1. The van der Waals surface area contributed by atoms with E-state index in [1.54, 1.807) is 111 Å². The fourth-order valence-electron chi connectivity index (χ4n) is 3.12. The number of nitrogens with one attached hydrogen (secondary N) is 4. The number of hydrogen-bond acceptors (Lipinski definition) is 6. The zero-order chi connectivity index (χ0) is 26.2. The van der Waals surface area contributed by atoms with Crippen molar-refractivity contribution in [3.05, 3.63) is 95.1 Å². The molecule has 0 aliphatic heterocycles. The van der Waals surface area contributed by atoms with E-state index in [9.17, 15) is 19.2 Å². The lowest BCUT2D eigenvalue weighted by Gasteiger charge is -2.12. The average Bonchev–Trinajstić information content (AvgIpc) is 2.84. The fraction of sp³-hybridized carbons (Fsp3) is 0.154. The van der Waals surface area contributed by atoms with Gasteiger partial charge in [-0.15, -0.1) is 0 Å². The van der Waals surface area contributed by atoms with Crippen molar-refractivity contribution in [3.8, 4) is 0 Å². The quantitative estimate of drug-likeness (QED) is 0.362. The van der Waals surface area contributed by atoms with Gasteiger partial charge in [-0.3, -0.25) is 30.0 Å². The van der Waals surface area contributed by atoms with Crippen LogP contribution < -0.4 is 21.5 Å². The molecular formula is C26H28N6O4. The highest BCUT2D eigenvalue weighted by Gasteiger charge is 2.12. The normalized spacial score (nSPS) is 10.6. The van der Waals surface area contributed by atoms with Gasteiger partial charge in [0.25, 0.3) is 23.6 Å². The molecule has 4 amide bonds. The molecule has 0 aliphatic carbocycles. The van der Waals surface area contributed by atoms with Crippen molar-refractivity contribution in [3.63, 3.8) is 0 Å². The van der Waals surface area contributed by atoms with E-state index in [1.165, 1.54) is 0 Å². The maximum Gasteiger partial charge on any atom is 0.265 e. The molecule has 0 aliphatic rings. The molecule has 3 aromatic carbocycles. The first-order valence-electron chi connectivity index (χ1n) is 11.0. The molecule has 3 rings (SSSR count). The highest BCUT2D eigenvalue weighted by molar-refractivity contribution is 6.07. The molecule has 0 saturated heterocycles. The van der Waals surface area contributed by atoms with Crippen molar-refractivity contribution in [1.82, 2.24) is 20.9 Å². The van der Waals surface area contributed by atoms with Crippen molar-refractivity contribution in [2.75, 3.05) is 38.8 Å². The van der Waals surface area contributed by atoms with Gasteiger partial charge in [0, 0.05) is 61.8 Å². The standard InChI is InChI=1S/C26H28N6O4/c1-31(2)29-25(35)19-9-13-21(14-10-19)27-23(33)17-5-7-18(8-6-17)24(34)28-22-15-11-20(12-16-22)26(36)30-32(3)4/h5-16H,1-4H3,(H,27,33)(H,28,34)(H,29,35)(H,30,36). The molecule has 0 spiro atoms. The number of carbonyl (C=O) groups excluding carboxylic acids is 4. The van der Waals surface area contributed by atoms with Crippen molar-refractivity contribution >= 4 is 35.0 Å². The van der Waals surface area contributed by atoms with Gasteiger partial charge in [-0.2, -0.15) is 0 Å². The van der Waals surface area contributed by atoms with Crippen LogP contribution in [-0.4, -0.2) is 61.8 Å². The second-order valence-electron chi connectivity index (χ2n) is 8.31. The number of nitrogens with zero attached hydrogens (tertiary/aromatic N) is 2. The minimum absolute atomic E-state index is 0.252. The van der Waals surface area contributed by atoms with E-state index in [0.717, 1.165) is 0 Å². The minimum atomic E-state index is -0.348. The Balaban J connectivity index is 1.57. The molecule has 0 radical (unpaired) electrons. The van der Waals surface area contributed by atoms with E-state index < -0.39 is 0 Å². The number of anilines is 2. The van der Waals surface area contributed by atoms with Crippen LogP contribution in [0.1, 0.15) is 41.4 Å². The van der Waals surface area contributed by atoms with Crippen LogP contribution >= 0.6 is 0 Å². The van der Waals surface area contributed by atoms with E-state index >= 15 is 0 Å². The molecule has 3 aromatic rings. The third-order valence-corrected chi connectivity index (χ3v) is 4.87. The van der Waals surface area contributed by atoms with E-state index in [-0.39, 0.29) is 23.6 Å². The van der Waals surface area contributed by atoms with Gasteiger partial charge >= 0.3 is 0 Å². The van der Waals surface area contributed by atoms with Crippen LogP contribution in [0.3, 0.4) is 0 Å². The number of rotatable bonds is 8. The summed E-state index contributed by atoms with van der Waals surface area (Å²) in [4.78, 5) is 49.1.